The highest BCUT2D eigenvalue weighted by Crippen LogP contribution is 2.42. The van der Waals surface area contributed by atoms with Gasteiger partial charge in [-0.1, -0.05) is 25.1 Å². The van der Waals surface area contributed by atoms with E-state index in [0.29, 0.717) is 18.2 Å². The van der Waals surface area contributed by atoms with Crippen LogP contribution in [-0.4, -0.2) is 73.5 Å². The third kappa shape index (κ3) is 9.01. The van der Waals surface area contributed by atoms with Crippen LogP contribution < -0.4 is 15.4 Å². The summed E-state index contributed by atoms with van der Waals surface area (Å²) in [7, 11) is 2.80. The van der Waals surface area contributed by atoms with Gasteiger partial charge in [0.15, 0.2) is 0 Å². The predicted molar refractivity (Wildman–Crippen MR) is 155 cm³/mol. The van der Waals surface area contributed by atoms with E-state index in [-0.39, 0.29) is 43.7 Å². The number of hydrogen-bond donors (Lipinski definition) is 3. The predicted octanol–water partition coefficient (Wildman–Crippen LogP) is 4.53. The fourth-order valence-electron chi connectivity index (χ4n) is 5.89. The molecule has 246 valence electrons. The van der Waals surface area contributed by atoms with Gasteiger partial charge in [-0.2, -0.15) is 13.2 Å². The lowest BCUT2D eigenvalue weighted by atomic mass is 9.98. The van der Waals surface area contributed by atoms with Gasteiger partial charge < -0.3 is 30.1 Å². The summed E-state index contributed by atoms with van der Waals surface area (Å²) in [6.45, 7) is 1.26. The van der Waals surface area contributed by atoms with Crippen molar-refractivity contribution >= 4 is 11.8 Å². The van der Waals surface area contributed by atoms with E-state index in [1.807, 2.05) is 18.2 Å². The summed E-state index contributed by atoms with van der Waals surface area (Å²) in [6, 6.07) is 5.90. The topological polar surface area (TPSA) is 100 Å². The molecule has 2 aromatic carbocycles. The van der Waals surface area contributed by atoms with Gasteiger partial charge in [-0.15, -0.1) is 0 Å². The number of halogens is 5. The van der Waals surface area contributed by atoms with Gasteiger partial charge in [-0.3, -0.25) is 9.59 Å². The van der Waals surface area contributed by atoms with Crippen molar-refractivity contribution in [3.05, 3.63) is 76.9 Å². The van der Waals surface area contributed by atoms with Crippen molar-refractivity contribution in [1.82, 2.24) is 15.5 Å². The maximum absolute atomic E-state index is 14.0. The molecular weight excluding hydrogens is 601 g/mol. The van der Waals surface area contributed by atoms with Gasteiger partial charge in [0.2, 0.25) is 11.8 Å². The first-order valence-electron chi connectivity index (χ1n) is 14.7. The Balaban J connectivity index is 1.65. The van der Waals surface area contributed by atoms with Crippen molar-refractivity contribution in [2.75, 3.05) is 27.3 Å². The normalized spacial score (nSPS) is 25.7. The van der Waals surface area contributed by atoms with Gasteiger partial charge in [0.05, 0.1) is 38.4 Å². The number of carbonyl (C=O) groups excluding carboxylic acids is 2. The number of nitrogens with one attached hydrogen (secondary N) is 2. The molecule has 8 nitrogen and oxygen atoms in total. The maximum atomic E-state index is 14.0. The van der Waals surface area contributed by atoms with Crippen LogP contribution in [0.15, 0.2) is 48.6 Å². The Morgan fingerprint density at radius 2 is 1.84 bits per heavy atom. The number of fused-ring (bicyclic) bond motifs is 5. The summed E-state index contributed by atoms with van der Waals surface area (Å²) in [6.07, 6.45) is -3.94. The third-order valence-electron chi connectivity index (χ3n) is 8.21. The van der Waals surface area contributed by atoms with Crippen LogP contribution in [0.4, 0.5) is 22.0 Å². The van der Waals surface area contributed by atoms with Crippen molar-refractivity contribution in [2.24, 2.45) is 5.92 Å². The molecule has 0 spiro atoms. The molecule has 2 bridgehead atoms. The number of ether oxygens (including phenoxy) is 2. The number of hydrogen-bond acceptors (Lipinski definition) is 6. The molecular formula is C32H38F5N3O5. The van der Waals surface area contributed by atoms with E-state index >= 15 is 0 Å². The molecule has 2 aromatic rings. The second-order valence-electron chi connectivity index (χ2n) is 11.6. The van der Waals surface area contributed by atoms with Crippen LogP contribution in [0.5, 0.6) is 5.75 Å². The quantitative estimate of drug-likeness (QED) is 0.318. The zero-order chi connectivity index (χ0) is 32.9. The Labute approximate surface area is 258 Å². The number of rotatable bonds is 6. The number of aliphatic hydroxyl groups is 1. The molecule has 1 aliphatic heterocycles. The number of likely N-dealkylation sites (N-methyl/N-ethyl adjacent to an activating group) is 1. The molecule has 1 aliphatic carbocycles. The van der Waals surface area contributed by atoms with Crippen molar-refractivity contribution in [2.45, 2.75) is 69.1 Å². The van der Waals surface area contributed by atoms with E-state index in [0.717, 1.165) is 35.1 Å². The molecule has 3 N–H and O–H groups in total. The van der Waals surface area contributed by atoms with E-state index in [9.17, 15) is 36.6 Å². The number of amides is 2. The standard InChI is InChI=1S/C32H38F5N3O5/c1-18(16-32(35,36)37)31(43)40(2)27-6-4-5-9-45-29-15-25(24-14-22(44-3)7-8-23(24)29)38-17-28(41)26(39-30(27)42)12-19-10-20(33)13-21(34)11-19/h4-5,7-8,10-11,13-14,18,25-29,38,41H,6,9,12,15-17H2,1-3H3,(H,39,42)/b5-4+/t18?,25-,26-,27-,28+,29+/m0/s1. The molecule has 45 heavy (non-hydrogen) atoms. The molecule has 2 aliphatic rings. The molecule has 2 amide bonds. The smallest absolute Gasteiger partial charge is 0.389 e. The minimum Gasteiger partial charge on any atom is -0.497 e. The molecule has 0 saturated heterocycles. The van der Waals surface area contributed by atoms with Crippen LogP contribution in [0, 0.1) is 17.6 Å². The van der Waals surface area contributed by atoms with Crippen molar-refractivity contribution < 1.29 is 46.1 Å². The second-order valence-corrected chi connectivity index (χ2v) is 11.6. The zero-order valence-electron chi connectivity index (χ0n) is 25.2. The van der Waals surface area contributed by atoms with E-state index in [1.165, 1.54) is 7.05 Å². The Morgan fingerprint density at radius 1 is 1.13 bits per heavy atom. The van der Waals surface area contributed by atoms with Crippen LogP contribution >= 0.6 is 0 Å². The summed E-state index contributed by atoms with van der Waals surface area (Å²) < 4.78 is 78.7. The number of β-amino-alcohol motifs (C(OH)–C–C–N with tert-alkyl or cyclic N) is 1. The third-order valence-corrected chi connectivity index (χ3v) is 8.21. The molecule has 1 heterocycles. The zero-order valence-corrected chi connectivity index (χ0v) is 25.2. The number of aliphatic hydroxyl groups excluding tert-OH is 1. The monoisotopic (exact) mass is 639 g/mol. The Hall–Kier alpha value is -3.55. The van der Waals surface area contributed by atoms with Crippen molar-refractivity contribution in [3.8, 4) is 5.75 Å². The van der Waals surface area contributed by atoms with Gasteiger partial charge in [0, 0.05) is 31.6 Å². The fourth-order valence-corrected chi connectivity index (χ4v) is 5.89. The van der Waals surface area contributed by atoms with Gasteiger partial charge in [0.1, 0.15) is 23.4 Å². The van der Waals surface area contributed by atoms with Crippen LogP contribution in [0.1, 0.15) is 55.0 Å². The summed E-state index contributed by atoms with van der Waals surface area (Å²) in [5.41, 5.74) is 2.02. The highest BCUT2D eigenvalue weighted by molar-refractivity contribution is 5.88. The minimum atomic E-state index is -4.58. The Bertz CT molecular complexity index is 1370. The van der Waals surface area contributed by atoms with Crippen molar-refractivity contribution in [1.29, 1.82) is 0 Å². The fraction of sp³-hybridized carbons (Fsp3) is 0.500. The molecule has 0 aromatic heterocycles. The van der Waals surface area contributed by atoms with Gasteiger partial charge in [0.25, 0.3) is 0 Å². The largest absolute Gasteiger partial charge is 0.497 e. The summed E-state index contributed by atoms with van der Waals surface area (Å²) in [5.74, 6) is -4.11. The number of carbonyl (C=O) groups is 2. The first-order chi connectivity index (χ1) is 21.3. The molecule has 1 unspecified atom stereocenters. The highest BCUT2D eigenvalue weighted by Gasteiger charge is 2.38. The highest BCUT2D eigenvalue weighted by atomic mass is 19.4. The summed E-state index contributed by atoms with van der Waals surface area (Å²) >= 11 is 0. The molecule has 13 heteroatoms. The Kier molecular flexibility index (Phi) is 11.2. The SMILES string of the molecule is COc1ccc2c(c1)[C@@H]1C[C@H]2OC/C=C/C[C@H](N(C)C(=O)C(C)CC(F)(F)F)C(=O)N[C@@H](Cc2cc(F)cc(F)c2)[C@H](O)CN1. The second kappa shape index (κ2) is 14.7. The lowest BCUT2D eigenvalue weighted by Crippen LogP contribution is -2.55. The number of nitrogens with zero attached hydrogens (tertiary/aromatic N) is 1. The van der Waals surface area contributed by atoms with Crippen LogP contribution in [0.25, 0.3) is 0 Å². The first-order valence-corrected chi connectivity index (χ1v) is 14.7. The van der Waals surface area contributed by atoms with Gasteiger partial charge in [-0.25, -0.2) is 8.78 Å². The molecule has 4 rings (SSSR count). The lowest BCUT2D eigenvalue weighted by Gasteiger charge is -2.32. The molecule has 6 atom stereocenters. The van der Waals surface area contributed by atoms with E-state index in [1.54, 1.807) is 19.3 Å². The summed E-state index contributed by atoms with van der Waals surface area (Å²) in [4.78, 5) is 27.6. The Morgan fingerprint density at radius 3 is 2.51 bits per heavy atom. The molecule has 0 radical (unpaired) electrons. The van der Waals surface area contributed by atoms with E-state index < -0.39 is 60.2 Å². The lowest BCUT2D eigenvalue weighted by molar-refractivity contribution is -0.159. The molecule has 0 saturated carbocycles. The molecule has 0 fully saturated rings. The van der Waals surface area contributed by atoms with Gasteiger partial charge in [-0.05, 0) is 60.2 Å². The number of methoxy groups -OCH3 is 1. The van der Waals surface area contributed by atoms with E-state index in [2.05, 4.69) is 10.6 Å². The van der Waals surface area contributed by atoms with Crippen LogP contribution in [-0.2, 0) is 20.7 Å². The summed E-state index contributed by atoms with van der Waals surface area (Å²) in [5, 5.41) is 17.3. The van der Waals surface area contributed by atoms with E-state index in [4.69, 9.17) is 9.47 Å². The van der Waals surface area contributed by atoms with Crippen LogP contribution in [0.2, 0.25) is 0 Å². The minimum absolute atomic E-state index is 0.0446. The first kappa shape index (κ1) is 34.3. The number of alkyl halides is 3. The maximum Gasteiger partial charge on any atom is 0.389 e. The average Bonchev–Trinajstić information content (AvgIpc) is 3.31. The average molecular weight is 640 g/mol. The van der Waals surface area contributed by atoms with Gasteiger partial charge >= 0.3 is 6.18 Å². The number of benzene rings is 2. The van der Waals surface area contributed by atoms with Crippen LogP contribution in [0.3, 0.4) is 0 Å². The van der Waals surface area contributed by atoms with Crippen molar-refractivity contribution in [3.63, 3.8) is 0 Å².